The molecule has 2 aromatic rings. The molecule has 1 atom stereocenters. The predicted octanol–water partition coefficient (Wildman–Crippen LogP) is 2.58. The predicted molar refractivity (Wildman–Crippen MR) is 76.4 cm³/mol. The molecule has 19 heavy (non-hydrogen) atoms. The molecule has 4 heteroatoms. The van der Waals surface area contributed by atoms with E-state index in [4.69, 9.17) is 10.5 Å². The van der Waals surface area contributed by atoms with Crippen LogP contribution in [0.5, 0.6) is 5.75 Å². The first-order valence-electron chi connectivity index (χ1n) is 6.50. The maximum Gasteiger partial charge on any atom is 0.161 e. The fourth-order valence-corrected chi connectivity index (χ4v) is 2.42. The molecule has 2 rings (SSSR count). The van der Waals surface area contributed by atoms with Crippen molar-refractivity contribution in [1.29, 1.82) is 0 Å². The van der Waals surface area contributed by atoms with E-state index in [2.05, 4.69) is 37.1 Å². The van der Waals surface area contributed by atoms with E-state index >= 15 is 0 Å². The van der Waals surface area contributed by atoms with Crippen molar-refractivity contribution >= 4 is 0 Å². The number of nitrogens with zero attached hydrogens (tertiary/aromatic N) is 2. The molecule has 102 valence electrons. The summed E-state index contributed by atoms with van der Waals surface area (Å²) < 4.78 is 7.26. The number of rotatable bonds is 4. The molecule has 0 saturated heterocycles. The van der Waals surface area contributed by atoms with Gasteiger partial charge in [0.15, 0.2) is 5.75 Å². The molecule has 0 radical (unpaired) electrons. The van der Waals surface area contributed by atoms with Crippen molar-refractivity contribution < 1.29 is 4.74 Å². The third-order valence-corrected chi connectivity index (χ3v) is 3.42. The average Bonchev–Trinajstić information content (AvgIpc) is 2.80. The molecule has 1 heterocycles. The first-order valence-corrected chi connectivity index (χ1v) is 6.50. The molecule has 0 bridgehead atoms. The quantitative estimate of drug-likeness (QED) is 0.918. The van der Waals surface area contributed by atoms with Crippen LogP contribution in [0.3, 0.4) is 0 Å². The smallest absolute Gasteiger partial charge is 0.161 e. The number of benzene rings is 1. The van der Waals surface area contributed by atoms with Crippen molar-refractivity contribution in [2.24, 2.45) is 5.73 Å². The lowest BCUT2D eigenvalue weighted by Crippen LogP contribution is -2.19. The largest absolute Gasteiger partial charge is 0.493 e. The highest BCUT2D eigenvalue weighted by atomic mass is 16.5. The SMILES string of the molecule is CCn1ncc(OC)c1C(N)c1ccc(C)cc1C. The van der Waals surface area contributed by atoms with Gasteiger partial charge in [-0.05, 0) is 31.9 Å². The monoisotopic (exact) mass is 259 g/mol. The number of hydrogen-bond acceptors (Lipinski definition) is 3. The second kappa shape index (κ2) is 5.45. The minimum absolute atomic E-state index is 0.224. The first kappa shape index (κ1) is 13.6. The molecule has 0 saturated carbocycles. The Morgan fingerprint density at radius 1 is 1.37 bits per heavy atom. The van der Waals surface area contributed by atoms with Gasteiger partial charge >= 0.3 is 0 Å². The van der Waals surface area contributed by atoms with E-state index in [1.165, 1.54) is 11.1 Å². The average molecular weight is 259 g/mol. The van der Waals surface area contributed by atoms with Gasteiger partial charge in [-0.2, -0.15) is 5.10 Å². The van der Waals surface area contributed by atoms with Gasteiger partial charge in [0.2, 0.25) is 0 Å². The van der Waals surface area contributed by atoms with Crippen molar-refractivity contribution in [1.82, 2.24) is 9.78 Å². The summed E-state index contributed by atoms with van der Waals surface area (Å²) in [5, 5.41) is 4.31. The van der Waals surface area contributed by atoms with Gasteiger partial charge in [0.25, 0.3) is 0 Å². The second-order valence-electron chi connectivity index (χ2n) is 4.75. The fourth-order valence-electron chi connectivity index (χ4n) is 2.42. The normalized spacial score (nSPS) is 12.5. The van der Waals surface area contributed by atoms with Crippen LogP contribution in [0.2, 0.25) is 0 Å². The number of aromatic nitrogens is 2. The number of aryl methyl sites for hydroxylation is 3. The zero-order chi connectivity index (χ0) is 14.0. The minimum Gasteiger partial charge on any atom is -0.493 e. The molecule has 0 fully saturated rings. The van der Waals surface area contributed by atoms with E-state index in [1.807, 2.05) is 11.6 Å². The summed E-state index contributed by atoms with van der Waals surface area (Å²) in [5.41, 5.74) is 10.9. The van der Waals surface area contributed by atoms with Crippen molar-refractivity contribution in [3.05, 3.63) is 46.8 Å². The summed E-state index contributed by atoms with van der Waals surface area (Å²) in [6, 6.07) is 6.09. The summed E-state index contributed by atoms with van der Waals surface area (Å²) in [6.45, 7) is 6.99. The maximum atomic E-state index is 6.42. The lowest BCUT2D eigenvalue weighted by molar-refractivity contribution is 0.404. The number of nitrogens with two attached hydrogens (primary N) is 1. The van der Waals surface area contributed by atoms with Crippen LogP contribution < -0.4 is 10.5 Å². The Morgan fingerprint density at radius 2 is 2.11 bits per heavy atom. The Kier molecular flexibility index (Phi) is 3.90. The van der Waals surface area contributed by atoms with Crippen molar-refractivity contribution in [2.75, 3.05) is 7.11 Å². The molecular weight excluding hydrogens is 238 g/mol. The van der Waals surface area contributed by atoms with E-state index in [0.717, 1.165) is 23.6 Å². The zero-order valence-corrected chi connectivity index (χ0v) is 12.0. The summed E-state index contributed by atoms with van der Waals surface area (Å²) >= 11 is 0. The standard InChI is InChI=1S/C15H21N3O/c1-5-18-15(13(19-4)9-17-18)14(16)12-7-6-10(2)8-11(12)3/h6-9,14H,5,16H2,1-4H3. The van der Waals surface area contributed by atoms with Crippen LogP contribution in [0.4, 0.5) is 0 Å². The van der Waals surface area contributed by atoms with E-state index in [-0.39, 0.29) is 6.04 Å². The van der Waals surface area contributed by atoms with Crippen LogP contribution in [-0.2, 0) is 6.54 Å². The molecule has 2 N–H and O–H groups in total. The van der Waals surface area contributed by atoms with Crippen LogP contribution in [0.25, 0.3) is 0 Å². The van der Waals surface area contributed by atoms with Gasteiger partial charge in [-0.25, -0.2) is 0 Å². The molecule has 0 amide bonds. The van der Waals surface area contributed by atoms with E-state index in [0.29, 0.717) is 0 Å². The summed E-state index contributed by atoms with van der Waals surface area (Å²) in [4.78, 5) is 0. The molecule has 1 aromatic heterocycles. The third-order valence-electron chi connectivity index (χ3n) is 3.42. The number of ether oxygens (including phenoxy) is 1. The second-order valence-corrected chi connectivity index (χ2v) is 4.75. The Balaban J connectivity index is 2.48. The highest BCUT2D eigenvalue weighted by Gasteiger charge is 2.20. The summed E-state index contributed by atoms with van der Waals surface area (Å²) in [7, 11) is 1.65. The van der Waals surface area contributed by atoms with Gasteiger partial charge in [-0.15, -0.1) is 0 Å². The molecule has 0 aliphatic carbocycles. The molecule has 0 aliphatic heterocycles. The molecule has 1 aromatic carbocycles. The van der Waals surface area contributed by atoms with Crippen LogP contribution in [0, 0.1) is 13.8 Å². The highest BCUT2D eigenvalue weighted by molar-refractivity contribution is 5.40. The van der Waals surface area contributed by atoms with E-state index in [9.17, 15) is 0 Å². The Labute approximate surface area is 114 Å². The zero-order valence-electron chi connectivity index (χ0n) is 12.0. The topological polar surface area (TPSA) is 53.1 Å². The molecule has 1 unspecified atom stereocenters. The molecular formula is C15H21N3O. The van der Waals surface area contributed by atoms with E-state index in [1.54, 1.807) is 13.3 Å². The Morgan fingerprint density at radius 3 is 2.68 bits per heavy atom. The lowest BCUT2D eigenvalue weighted by atomic mass is 9.97. The Bertz CT molecular complexity index is 553. The van der Waals surface area contributed by atoms with Crippen molar-refractivity contribution in [3.8, 4) is 5.75 Å². The van der Waals surface area contributed by atoms with Crippen LogP contribution in [0.1, 0.15) is 35.3 Å². The van der Waals surface area contributed by atoms with Gasteiger partial charge in [-0.1, -0.05) is 23.8 Å². The van der Waals surface area contributed by atoms with Gasteiger partial charge in [0.05, 0.1) is 19.3 Å². The molecule has 0 aliphatic rings. The minimum atomic E-state index is -0.224. The maximum absolute atomic E-state index is 6.42. The highest BCUT2D eigenvalue weighted by Crippen LogP contribution is 2.30. The molecule has 4 nitrogen and oxygen atoms in total. The summed E-state index contributed by atoms with van der Waals surface area (Å²) in [5.74, 6) is 0.745. The van der Waals surface area contributed by atoms with E-state index < -0.39 is 0 Å². The fraction of sp³-hybridized carbons (Fsp3) is 0.400. The number of hydrogen-bond donors (Lipinski definition) is 1. The van der Waals surface area contributed by atoms with Crippen molar-refractivity contribution in [3.63, 3.8) is 0 Å². The third kappa shape index (κ3) is 2.49. The van der Waals surface area contributed by atoms with Crippen LogP contribution in [0.15, 0.2) is 24.4 Å². The van der Waals surface area contributed by atoms with Gasteiger partial charge in [0.1, 0.15) is 5.69 Å². The van der Waals surface area contributed by atoms with Crippen molar-refractivity contribution in [2.45, 2.75) is 33.4 Å². The lowest BCUT2D eigenvalue weighted by Gasteiger charge is -2.18. The van der Waals surface area contributed by atoms with Gasteiger partial charge < -0.3 is 10.5 Å². The Hall–Kier alpha value is -1.81. The summed E-state index contributed by atoms with van der Waals surface area (Å²) in [6.07, 6.45) is 1.72. The molecule has 0 spiro atoms. The van der Waals surface area contributed by atoms with Gasteiger partial charge in [-0.3, -0.25) is 4.68 Å². The number of methoxy groups -OCH3 is 1. The van der Waals surface area contributed by atoms with Gasteiger partial charge in [0, 0.05) is 6.54 Å². The van der Waals surface area contributed by atoms with Crippen LogP contribution in [-0.4, -0.2) is 16.9 Å². The van der Waals surface area contributed by atoms with Crippen LogP contribution >= 0.6 is 0 Å². The first-order chi connectivity index (χ1) is 9.08.